The number of hydrogen-bond acceptors (Lipinski definition) is 6. The van der Waals surface area contributed by atoms with Gasteiger partial charge in [0.1, 0.15) is 11.9 Å². The molecule has 1 fully saturated rings. The van der Waals surface area contributed by atoms with Crippen molar-refractivity contribution in [3.8, 4) is 0 Å². The van der Waals surface area contributed by atoms with Gasteiger partial charge >= 0.3 is 11.6 Å². The molecular weight excluding hydrogens is 400 g/mol. The fraction of sp³-hybridized carbons (Fsp3) is 0.450. The quantitative estimate of drug-likeness (QED) is 0.685. The highest BCUT2D eigenvalue weighted by atomic mass is 19.3. The molecule has 2 aromatic rings. The molecule has 0 spiro atoms. The second-order valence-corrected chi connectivity index (χ2v) is 7.48. The zero-order chi connectivity index (χ0) is 21.5. The Bertz CT molecular complexity index is 1030. The number of aliphatic hydroxyl groups excluding tert-OH is 2. The van der Waals surface area contributed by atoms with Gasteiger partial charge in [0, 0.05) is 11.8 Å². The first-order chi connectivity index (χ1) is 14.3. The topological polar surface area (TPSA) is 114 Å². The van der Waals surface area contributed by atoms with Crippen LogP contribution in [0.2, 0.25) is 0 Å². The van der Waals surface area contributed by atoms with Crippen LogP contribution in [0, 0.1) is 0 Å². The van der Waals surface area contributed by atoms with Gasteiger partial charge < -0.3 is 20.3 Å². The van der Waals surface area contributed by atoms with Gasteiger partial charge in [-0.1, -0.05) is 6.07 Å². The Morgan fingerprint density at radius 1 is 1.27 bits per heavy atom. The standard InChI is InChI=1S/C20H21F2N3O5/c21-20(22)16(27)14(10-26)30-18(20)25-8-7-15(24-19(25)29)23-17(28)13-6-5-11-3-1-2-4-12(11)9-13/h5-9,14,16,18,26-27H,1-4,10H2,(H,23,24,28,29)/t14-,16-,18-/m1/s1. The van der Waals surface area contributed by atoms with Crippen LogP contribution in [0.3, 0.4) is 0 Å². The number of alkyl halides is 2. The average Bonchev–Trinajstić information content (AvgIpc) is 2.96. The van der Waals surface area contributed by atoms with Crippen LogP contribution in [0.5, 0.6) is 0 Å². The fourth-order valence-corrected chi connectivity index (χ4v) is 3.84. The molecule has 1 aliphatic carbocycles. The van der Waals surface area contributed by atoms with Gasteiger partial charge in [0.25, 0.3) is 5.91 Å². The molecule has 3 atom stereocenters. The molecule has 4 rings (SSSR count). The number of halogens is 2. The number of aromatic nitrogens is 2. The summed E-state index contributed by atoms with van der Waals surface area (Å²) < 4.78 is 33.9. The maximum absolute atomic E-state index is 14.2. The Balaban J connectivity index is 1.53. The maximum Gasteiger partial charge on any atom is 0.351 e. The van der Waals surface area contributed by atoms with Crippen LogP contribution < -0.4 is 11.0 Å². The Hall–Kier alpha value is -2.69. The molecule has 3 N–H and O–H groups in total. The van der Waals surface area contributed by atoms with Crippen molar-refractivity contribution in [2.75, 3.05) is 11.9 Å². The molecule has 1 saturated heterocycles. The first-order valence-corrected chi connectivity index (χ1v) is 9.66. The third-order valence-electron chi connectivity index (χ3n) is 5.49. The predicted octanol–water partition coefficient (Wildman–Crippen LogP) is 1.26. The van der Waals surface area contributed by atoms with Gasteiger partial charge in [0.2, 0.25) is 6.23 Å². The Kier molecular flexibility index (Phi) is 5.39. The van der Waals surface area contributed by atoms with Crippen molar-refractivity contribution in [1.29, 1.82) is 0 Å². The molecule has 1 aromatic carbocycles. The monoisotopic (exact) mass is 421 g/mol. The molecule has 8 nitrogen and oxygen atoms in total. The first kappa shape index (κ1) is 20.6. The van der Waals surface area contributed by atoms with Crippen LogP contribution in [0.4, 0.5) is 14.6 Å². The van der Waals surface area contributed by atoms with Crippen LogP contribution in [0.15, 0.2) is 35.3 Å². The van der Waals surface area contributed by atoms with Crippen LogP contribution in [-0.2, 0) is 17.6 Å². The zero-order valence-electron chi connectivity index (χ0n) is 15.9. The molecule has 0 radical (unpaired) electrons. The number of carbonyl (C=O) groups is 1. The van der Waals surface area contributed by atoms with Crippen molar-refractivity contribution in [2.24, 2.45) is 0 Å². The second kappa shape index (κ2) is 7.86. The lowest BCUT2D eigenvalue weighted by molar-refractivity contribution is -0.140. The molecule has 2 heterocycles. The molecule has 2 aliphatic rings. The highest BCUT2D eigenvalue weighted by molar-refractivity contribution is 6.03. The van der Waals surface area contributed by atoms with Crippen molar-refractivity contribution in [3.05, 3.63) is 57.6 Å². The van der Waals surface area contributed by atoms with E-state index in [2.05, 4.69) is 10.3 Å². The Labute approximate surface area is 170 Å². The number of anilines is 1. The summed E-state index contributed by atoms with van der Waals surface area (Å²) in [5.41, 5.74) is 1.67. The van der Waals surface area contributed by atoms with Crippen molar-refractivity contribution in [3.63, 3.8) is 0 Å². The Morgan fingerprint density at radius 2 is 2.00 bits per heavy atom. The lowest BCUT2D eigenvalue weighted by Gasteiger charge is -2.21. The minimum absolute atomic E-state index is 0.0976. The summed E-state index contributed by atoms with van der Waals surface area (Å²) in [4.78, 5) is 28.4. The minimum atomic E-state index is -3.80. The number of ether oxygens (including phenoxy) is 1. The van der Waals surface area contributed by atoms with E-state index >= 15 is 0 Å². The van der Waals surface area contributed by atoms with Crippen LogP contribution in [-0.4, -0.2) is 50.4 Å². The lowest BCUT2D eigenvalue weighted by atomic mass is 9.90. The van der Waals surface area contributed by atoms with E-state index in [0.717, 1.165) is 37.4 Å². The first-order valence-electron chi connectivity index (χ1n) is 9.66. The molecule has 0 bridgehead atoms. The van der Waals surface area contributed by atoms with Gasteiger partial charge in [-0.3, -0.25) is 9.36 Å². The van der Waals surface area contributed by atoms with E-state index in [-0.39, 0.29) is 5.82 Å². The zero-order valence-corrected chi connectivity index (χ0v) is 15.9. The molecule has 0 saturated carbocycles. The number of rotatable bonds is 4. The summed E-state index contributed by atoms with van der Waals surface area (Å²) in [6.45, 7) is -0.829. The summed E-state index contributed by atoms with van der Waals surface area (Å²) in [6, 6.07) is 6.62. The summed E-state index contributed by atoms with van der Waals surface area (Å²) in [5.74, 6) is -4.36. The van der Waals surface area contributed by atoms with Gasteiger partial charge in [-0.05, 0) is 55.0 Å². The van der Waals surface area contributed by atoms with Gasteiger partial charge in [0.05, 0.1) is 6.61 Å². The van der Waals surface area contributed by atoms with E-state index in [4.69, 9.17) is 9.84 Å². The van der Waals surface area contributed by atoms with Crippen molar-refractivity contribution >= 4 is 11.7 Å². The predicted molar refractivity (Wildman–Crippen MR) is 101 cm³/mol. The number of benzene rings is 1. The number of carbonyl (C=O) groups excluding carboxylic acids is 1. The normalized spacial score (nSPS) is 25.0. The lowest BCUT2D eigenvalue weighted by Crippen LogP contribution is -2.41. The molecule has 1 amide bonds. The van der Waals surface area contributed by atoms with Gasteiger partial charge in [0.15, 0.2) is 6.10 Å². The summed E-state index contributed by atoms with van der Waals surface area (Å²) in [6.07, 6.45) is -0.824. The smallest absolute Gasteiger partial charge is 0.351 e. The van der Waals surface area contributed by atoms with E-state index in [1.54, 1.807) is 6.07 Å². The Morgan fingerprint density at radius 3 is 2.67 bits per heavy atom. The van der Waals surface area contributed by atoms with Crippen LogP contribution >= 0.6 is 0 Å². The van der Waals surface area contributed by atoms with Crippen molar-refractivity contribution in [1.82, 2.24) is 9.55 Å². The largest absolute Gasteiger partial charge is 0.394 e. The molecule has 30 heavy (non-hydrogen) atoms. The number of nitrogens with one attached hydrogen (secondary N) is 1. The van der Waals surface area contributed by atoms with E-state index in [1.807, 2.05) is 12.1 Å². The number of hydrogen-bond donors (Lipinski definition) is 3. The molecule has 10 heteroatoms. The number of aryl methyl sites for hydroxylation is 2. The van der Waals surface area contributed by atoms with Gasteiger partial charge in [-0.15, -0.1) is 0 Å². The third kappa shape index (κ3) is 3.62. The highest BCUT2D eigenvalue weighted by Gasteiger charge is 2.59. The van der Waals surface area contributed by atoms with Crippen molar-refractivity contribution in [2.45, 2.75) is 50.0 Å². The second-order valence-electron chi connectivity index (χ2n) is 7.48. The van der Waals surface area contributed by atoms with E-state index in [1.165, 1.54) is 11.6 Å². The van der Waals surface area contributed by atoms with E-state index < -0.39 is 42.6 Å². The van der Waals surface area contributed by atoms with Gasteiger partial charge in [-0.2, -0.15) is 13.8 Å². The molecule has 1 aromatic heterocycles. The summed E-state index contributed by atoms with van der Waals surface area (Å²) in [7, 11) is 0. The average molecular weight is 421 g/mol. The minimum Gasteiger partial charge on any atom is -0.394 e. The number of nitrogens with zero attached hydrogens (tertiary/aromatic N) is 2. The highest BCUT2D eigenvalue weighted by Crippen LogP contribution is 2.42. The fourth-order valence-electron chi connectivity index (χ4n) is 3.84. The van der Waals surface area contributed by atoms with Crippen LogP contribution in [0.1, 0.15) is 40.6 Å². The molecular formula is C20H21F2N3O5. The number of aliphatic hydroxyl groups is 2. The van der Waals surface area contributed by atoms with Gasteiger partial charge in [-0.25, -0.2) is 4.79 Å². The third-order valence-corrected chi connectivity index (χ3v) is 5.49. The molecule has 160 valence electrons. The summed E-state index contributed by atoms with van der Waals surface area (Å²) in [5, 5.41) is 21.1. The number of amides is 1. The SMILES string of the molecule is O=C(Nc1ccn([C@@H]2O[C@H](CO)[C@@H](O)C2(F)F)c(=O)n1)c1ccc2c(c1)CCCC2. The summed E-state index contributed by atoms with van der Waals surface area (Å²) >= 11 is 0. The van der Waals surface area contributed by atoms with E-state index in [0.29, 0.717) is 10.1 Å². The van der Waals surface area contributed by atoms with Crippen molar-refractivity contribution < 1.29 is 28.5 Å². The van der Waals surface area contributed by atoms with Crippen LogP contribution in [0.25, 0.3) is 0 Å². The maximum atomic E-state index is 14.2. The molecule has 0 unspecified atom stereocenters. The molecule has 1 aliphatic heterocycles. The van der Waals surface area contributed by atoms with E-state index in [9.17, 15) is 23.5 Å². The number of fused-ring (bicyclic) bond motifs is 1.